The quantitative estimate of drug-likeness (QED) is 0.423. The van der Waals surface area contributed by atoms with Crippen LogP contribution in [-0.2, 0) is 11.3 Å². The molecule has 1 fully saturated rings. The lowest BCUT2D eigenvalue weighted by atomic mass is 10.1. The van der Waals surface area contributed by atoms with Crippen molar-refractivity contribution in [2.24, 2.45) is 4.99 Å². The number of morpholine rings is 1. The first-order valence-electron chi connectivity index (χ1n) is 7.88. The highest BCUT2D eigenvalue weighted by atomic mass is 127. The van der Waals surface area contributed by atoms with Gasteiger partial charge < -0.3 is 20.3 Å². The number of anilines is 1. The van der Waals surface area contributed by atoms with E-state index in [-0.39, 0.29) is 29.8 Å². The molecule has 1 aliphatic heterocycles. The molecular weight excluding hydrogens is 410 g/mol. The number of nitrogens with one attached hydrogen (secondary N) is 2. The number of ether oxygens (including phenoxy) is 1. The first kappa shape index (κ1) is 20.0. The number of aliphatic imine (C=N–C) groups is 1. The Balaban J connectivity index is 0.00000264. The largest absolute Gasteiger partial charge is 0.378 e. The first-order chi connectivity index (χ1) is 10.7. The molecule has 0 spiro atoms. The molecule has 2 N–H and O–H groups in total. The van der Waals surface area contributed by atoms with E-state index in [0.717, 1.165) is 37.7 Å². The highest BCUT2D eigenvalue weighted by Gasteiger charge is 2.15. The molecule has 0 atom stereocenters. The van der Waals surface area contributed by atoms with Gasteiger partial charge in [-0.2, -0.15) is 0 Å². The Morgan fingerprint density at radius 1 is 1.22 bits per heavy atom. The summed E-state index contributed by atoms with van der Waals surface area (Å²) in [4.78, 5) is 6.47. The second kappa shape index (κ2) is 10.6. The van der Waals surface area contributed by atoms with E-state index in [1.165, 1.54) is 0 Å². The third kappa shape index (κ3) is 6.14. The fourth-order valence-electron chi connectivity index (χ4n) is 2.39. The minimum atomic E-state index is -0.192. The topological polar surface area (TPSA) is 48.9 Å². The van der Waals surface area contributed by atoms with Crippen molar-refractivity contribution in [2.45, 2.75) is 20.4 Å². The fourth-order valence-corrected chi connectivity index (χ4v) is 2.39. The summed E-state index contributed by atoms with van der Waals surface area (Å²) in [6.07, 6.45) is 0. The summed E-state index contributed by atoms with van der Waals surface area (Å²) in [6.45, 7) is 8.87. The van der Waals surface area contributed by atoms with E-state index in [1.807, 2.05) is 30.9 Å². The maximum Gasteiger partial charge on any atom is 0.191 e. The second-order valence-corrected chi connectivity index (χ2v) is 5.11. The van der Waals surface area contributed by atoms with Crippen molar-refractivity contribution < 1.29 is 9.13 Å². The second-order valence-electron chi connectivity index (χ2n) is 5.11. The van der Waals surface area contributed by atoms with Crippen LogP contribution in [0.1, 0.15) is 19.4 Å². The van der Waals surface area contributed by atoms with E-state index in [0.29, 0.717) is 25.4 Å². The molecule has 0 unspecified atom stereocenters. The van der Waals surface area contributed by atoms with Crippen LogP contribution in [0.3, 0.4) is 0 Å². The number of benzene rings is 1. The first-order valence-corrected chi connectivity index (χ1v) is 7.88. The summed E-state index contributed by atoms with van der Waals surface area (Å²) in [5.41, 5.74) is 1.51. The minimum Gasteiger partial charge on any atom is -0.378 e. The van der Waals surface area contributed by atoms with Crippen LogP contribution < -0.4 is 15.5 Å². The van der Waals surface area contributed by atoms with Crippen molar-refractivity contribution >= 4 is 35.6 Å². The van der Waals surface area contributed by atoms with Crippen LogP contribution in [0, 0.1) is 5.82 Å². The molecule has 5 nitrogen and oxygen atoms in total. The third-order valence-corrected chi connectivity index (χ3v) is 3.47. The zero-order valence-electron chi connectivity index (χ0n) is 13.8. The zero-order chi connectivity index (χ0) is 15.8. The number of halogens is 2. The van der Waals surface area contributed by atoms with Gasteiger partial charge in [-0.15, -0.1) is 24.0 Å². The van der Waals surface area contributed by atoms with Crippen LogP contribution in [0.15, 0.2) is 23.2 Å². The molecule has 0 radical (unpaired) electrons. The Labute approximate surface area is 154 Å². The van der Waals surface area contributed by atoms with Gasteiger partial charge in [0.1, 0.15) is 5.82 Å². The molecule has 23 heavy (non-hydrogen) atoms. The Kier molecular flexibility index (Phi) is 9.23. The maximum absolute atomic E-state index is 14.3. The van der Waals surface area contributed by atoms with Crippen LogP contribution in [0.5, 0.6) is 0 Å². The van der Waals surface area contributed by atoms with E-state index in [1.54, 1.807) is 6.07 Å². The van der Waals surface area contributed by atoms with Gasteiger partial charge in [-0.3, -0.25) is 0 Å². The summed E-state index contributed by atoms with van der Waals surface area (Å²) in [6, 6.07) is 5.35. The van der Waals surface area contributed by atoms with Crippen LogP contribution in [-0.4, -0.2) is 45.4 Å². The Morgan fingerprint density at radius 2 is 1.87 bits per heavy atom. The van der Waals surface area contributed by atoms with Gasteiger partial charge in [0.15, 0.2) is 5.96 Å². The van der Waals surface area contributed by atoms with Gasteiger partial charge in [0, 0.05) is 26.2 Å². The molecule has 0 bridgehead atoms. The average molecular weight is 436 g/mol. The summed E-state index contributed by atoms with van der Waals surface area (Å²) in [5, 5.41) is 6.31. The van der Waals surface area contributed by atoms with Gasteiger partial charge in [-0.25, -0.2) is 9.38 Å². The number of rotatable bonds is 5. The SMILES string of the molecule is CCNC(=NCc1ccc(N2CCOCC2)c(F)c1)NCC.I. The third-order valence-electron chi connectivity index (χ3n) is 3.47. The van der Waals surface area contributed by atoms with E-state index in [9.17, 15) is 4.39 Å². The lowest BCUT2D eigenvalue weighted by molar-refractivity contribution is 0.122. The van der Waals surface area contributed by atoms with Crippen LogP contribution in [0.2, 0.25) is 0 Å². The molecule has 0 aromatic heterocycles. The summed E-state index contributed by atoms with van der Waals surface area (Å²) in [7, 11) is 0. The summed E-state index contributed by atoms with van der Waals surface area (Å²) >= 11 is 0. The lowest BCUT2D eigenvalue weighted by Crippen LogP contribution is -2.37. The van der Waals surface area contributed by atoms with Crippen molar-refractivity contribution in [1.82, 2.24) is 10.6 Å². The number of nitrogens with zero attached hydrogens (tertiary/aromatic N) is 2. The minimum absolute atomic E-state index is 0. The normalized spacial score (nSPS) is 14.0. The molecule has 0 amide bonds. The predicted molar refractivity (Wildman–Crippen MR) is 103 cm³/mol. The van der Waals surface area contributed by atoms with Crippen LogP contribution in [0.25, 0.3) is 0 Å². The van der Waals surface area contributed by atoms with Crippen molar-refractivity contribution in [2.75, 3.05) is 44.3 Å². The maximum atomic E-state index is 14.3. The van der Waals surface area contributed by atoms with Crippen molar-refractivity contribution in [3.8, 4) is 0 Å². The standard InChI is InChI=1S/C16H25FN4O.HI/c1-3-18-16(19-4-2)20-12-13-5-6-15(14(17)11-13)21-7-9-22-10-8-21;/h5-6,11H,3-4,7-10,12H2,1-2H3,(H2,18,19,20);1H. The number of hydrogen-bond donors (Lipinski definition) is 2. The molecule has 0 saturated carbocycles. The van der Waals surface area contributed by atoms with E-state index in [2.05, 4.69) is 15.6 Å². The lowest BCUT2D eigenvalue weighted by Gasteiger charge is -2.29. The molecule has 130 valence electrons. The van der Waals surface area contributed by atoms with E-state index >= 15 is 0 Å². The van der Waals surface area contributed by atoms with Crippen molar-refractivity contribution in [3.05, 3.63) is 29.6 Å². The van der Waals surface area contributed by atoms with E-state index in [4.69, 9.17) is 4.74 Å². The Morgan fingerprint density at radius 3 is 2.43 bits per heavy atom. The van der Waals surface area contributed by atoms with Gasteiger partial charge in [0.25, 0.3) is 0 Å². The number of hydrogen-bond acceptors (Lipinski definition) is 3. The molecular formula is C16H26FIN4O. The summed E-state index contributed by atoms with van der Waals surface area (Å²) < 4.78 is 19.6. The molecule has 1 heterocycles. The molecule has 1 saturated heterocycles. The fraction of sp³-hybridized carbons (Fsp3) is 0.562. The van der Waals surface area contributed by atoms with Crippen molar-refractivity contribution in [1.29, 1.82) is 0 Å². The average Bonchev–Trinajstić information content (AvgIpc) is 2.54. The zero-order valence-corrected chi connectivity index (χ0v) is 16.1. The Hall–Kier alpha value is -1.09. The van der Waals surface area contributed by atoms with Crippen LogP contribution >= 0.6 is 24.0 Å². The molecule has 7 heteroatoms. The van der Waals surface area contributed by atoms with Gasteiger partial charge in [0.2, 0.25) is 0 Å². The van der Waals surface area contributed by atoms with Gasteiger partial charge in [0.05, 0.1) is 25.4 Å². The predicted octanol–water partition coefficient (Wildman–Crippen LogP) is 2.36. The van der Waals surface area contributed by atoms with E-state index < -0.39 is 0 Å². The Bertz CT molecular complexity index is 499. The molecule has 1 aliphatic rings. The molecule has 2 rings (SSSR count). The summed E-state index contributed by atoms with van der Waals surface area (Å²) in [5.74, 6) is 0.561. The smallest absolute Gasteiger partial charge is 0.191 e. The number of guanidine groups is 1. The van der Waals surface area contributed by atoms with Gasteiger partial charge >= 0.3 is 0 Å². The highest BCUT2D eigenvalue weighted by molar-refractivity contribution is 14.0. The van der Waals surface area contributed by atoms with Gasteiger partial charge in [-0.05, 0) is 31.5 Å². The molecule has 1 aromatic rings. The van der Waals surface area contributed by atoms with Gasteiger partial charge in [-0.1, -0.05) is 6.07 Å². The highest BCUT2D eigenvalue weighted by Crippen LogP contribution is 2.21. The molecule has 0 aliphatic carbocycles. The monoisotopic (exact) mass is 436 g/mol. The van der Waals surface area contributed by atoms with Crippen molar-refractivity contribution in [3.63, 3.8) is 0 Å². The van der Waals surface area contributed by atoms with Crippen LogP contribution in [0.4, 0.5) is 10.1 Å². The molecule has 1 aromatic carbocycles.